The quantitative estimate of drug-likeness (QED) is 0.706. The topological polar surface area (TPSA) is 41.9 Å². The van der Waals surface area contributed by atoms with E-state index in [0.29, 0.717) is 0 Å². The maximum Gasteiger partial charge on any atom is 0.0958 e. The molecule has 1 aromatic heterocycles. The lowest BCUT2D eigenvalue weighted by Crippen LogP contribution is -2.29. The van der Waals surface area contributed by atoms with Crippen LogP contribution in [-0.4, -0.2) is 35.7 Å². The Labute approximate surface area is 102 Å². The van der Waals surface area contributed by atoms with E-state index in [9.17, 15) is 0 Å². The summed E-state index contributed by atoms with van der Waals surface area (Å²) in [7, 11) is 0. The van der Waals surface area contributed by atoms with Gasteiger partial charge in [-0.05, 0) is 18.7 Å². The number of benzene rings is 1. The second-order valence-electron chi connectivity index (χ2n) is 4.03. The van der Waals surface area contributed by atoms with Gasteiger partial charge in [0.25, 0.3) is 0 Å². The van der Waals surface area contributed by atoms with Crippen LogP contribution in [0.5, 0.6) is 0 Å². The Balaban J connectivity index is 1.79. The minimum atomic E-state index is 0.965. The molecule has 4 nitrogen and oxygen atoms in total. The summed E-state index contributed by atoms with van der Waals surface area (Å²) in [4.78, 5) is 4.37. The summed E-state index contributed by atoms with van der Waals surface area (Å²) in [6.45, 7) is 7.14. The standard InChI is InChI=1S/C13H20N4/c1-2-14-7-8-15-9-10-17-11-16-12-5-3-4-6-13(12)17/h3-6,11,14-15H,2,7-10H2,1H3. The van der Waals surface area contributed by atoms with E-state index in [-0.39, 0.29) is 0 Å². The van der Waals surface area contributed by atoms with Crippen molar-refractivity contribution in [1.82, 2.24) is 20.2 Å². The molecule has 0 aliphatic heterocycles. The second kappa shape index (κ2) is 6.37. The molecule has 17 heavy (non-hydrogen) atoms. The summed E-state index contributed by atoms with van der Waals surface area (Å²) in [6, 6.07) is 8.23. The van der Waals surface area contributed by atoms with Crippen molar-refractivity contribution >= 4 is 11.0 Å². The zero-order valence-corrected chi connectivity index (χ0v) is 10.3. The van der Waals surface area contributed by atoms with Crippen molar-refractivity contribution in [3.05, 3.63) is 30.6 Å². The van der Waals surface area contributed by atoms with E-state index in [0.717, 1.165) is 38.2 Å². The molecule has 0 aliphatic rings. The molecule has 0 saturated heterocycles. The number of fused-ring (bicyclic) bond motifs is 1. The summed E-state index contributed by atoms with van der Waals surface area (Å²) < 4.78 is 2.19. The molecule has 1 heterocycles. The molecule has 0 bridgehead atoms. The molecule has 4 heteroatoms. The number of nitrogens with one attached hydrogen (secondary N) is 2. The molecule has 92 valence electrons. The van der Waals surface area contributed by atoms with Crippen molar-refractivity contribution in [2.45, 2.75) is 13.5 Å². The van der Waals surface area contributed by atoms with E-state index in [4.69, 9.17) is 0 Å². The number of likely N-dealkylation sites (N-methyl/N-ethyl adjacent to an activating group) is 1. The highest BCUT2D eigenvalue weighted by Gasteiger charge is 1.99. The maximum atomic E-state index is 4.37. The number of rotatable bonds is 7. The molecule has 1 aromatic carbocycles. The summed E-state index contributed by atoms with van der Waals surface area (Å²) in [6.07, 6.45) is 1.91. The lowest BCUT2D eigenvalue weighted by atomic mass is 10.3. The Morgan fingerprint density at radius 3 is 2.82 bits per heavy atom. The van der Waals surface area contributed by atoms with Gasteiger partial charge in [0.1, 0.15) is 0 Å². The lowest BCUT2D eigenvalue weighted by molar-refractivity contribution is 0.582. The Bertz CT molecular complexity index is 449. The predicted octanol–water partition coefficient (Wildman–Crippen LogP) is 1.24. The predicted molar refractivity (Wildman–Crippen MR) is 71.1 cm³/mol. The van der Waals surface area contributed by atoms with E-state index >= 15 is 0 Å². The zero-order valence-electron chi connectivity index (χ0n) is 10.3. The molecule has 0 atom stereocenters. The van der Waals surface area contributed by atoms with Crippen molar-refractivity contribution in [2.75, 3.05) is 26.2 Å². The third kappa shape index (κ3) is 3.28. The van der Waals surface area contributed by atoms with Crippen molar-refractivity contribution in [2.24, 2.45) is 0 Å². The number of imidazole rings is 1. The molecule has 0 unspecified atom stereocenters. The molecular formula is C13H20N4. The van der Waals surface area contributed by atoms with Gasteiger partial charge in [-0.1, -0.05) is 19.1 Å². The Morgan fingerprint density at radius 2 is 1.94 bits per heavy atom. The van der Waals surface area contributed by atoms with Crippen LogP contribution in [0.25, 0.3) is 11.0 Å². The molecule has 0 fully saturated rings. The largest absolute Gasteiger partial charge is 0.329 e. The fraction of sp³-hybridized carbons (Fsp3) is 0.462. The maximum absolute atomic E-state index is 4.37. The highest BCUT2D eigenvalue weighted by molar-refractivity contribution is 5.74. The van der Waals surface area contributed by atoms with Crippen LogP contribution in [0.4, 0.5) is 0 Å². The number of para-hydroxylation sites is 2. The highest BCUT2D eigenvalue weighted by atomic mass is 15.1. The second-order valence-corrected chi connectivity index (χ2v) is 4.03. The van der Waals surface area contributed by atoms with Crippen molar-refractivity contribution in [3.63, 3.8) is 0 Å². The molecule has 0 aliphatic carbocycles. The van der Waals surface area contributed by atoms with Crippen LogP contribution in [0.1, 0.15) is 6.92 Å². The zero-order chi connectivity index (χ0) is 11.9. The van der Waals surface area contributed by atoms with E-state index in [2.05, 4.69) is 39.2 Å². The average molecular weight is 232 g/mol. The van der Waals surface area contributed by atoms with Gasteiger partial charge in [0, 0.05) is 26.2 Å². The fourth-order valence-electron chi connectivity index (χ4n) is 1.87. The third-order valence-electron chi connectivity index (χ3n) is 2.79. The van der Waals surface area contributed by atoms with Gasteiger partial charge in [0.2, 0.25) is 0 Å². The number of hydrogen-bond donors (Lipinski definition) is 2. The Hall–Kier alpha value is -1.39. The molecular weight excluding hydrogens is 212 g/mol. The Kier molecular flexibility index (Phi) is 4.53. The number of nitrogens with zero attached hydrogens (tertiary/aromatic N) is 2. The van der Waals surface area contributed by atoms with Gasteiger partial charge in [-0.2, -0.15) is 0 Å². The molecule has 0 spiro atoms. The summed E-state index contributed by atoms with van der Waals surface area (Å²) >= 11 is 0. The van der Waals surface area contributed by atoms with Gasteiger partial charge in [-0.15, -0.1) is 0 Å². The van der Waals surface area contributed by atoms with Crippen LogP contribution in [0.2, 0.25) is 0 Å². The van der Waals surface area contributed by atoms with E-state index in [1.165, 1.54) is 5.52 Å². The third-order valence-corrected chi connectivity index (χ3v) is 2.79. The smallest absolute Gasteiger partial charge is 0.0958 e. The van der Waals surface area contributed by atoms with Gasteiger partial charge in [-0.25, -0.2) is 4.98 Å². The molecule has 0 saturated carbocycles. The lowest BCUT2D eigenvalue weighted by Gasteiger charge is -2.06. The van der Waals surface area contributed by atoms with Crippen LogP contribution in [0.3, 0.4) is 0 Å². The molecule has 0 amide bonds. The van der Waals surface area contributed by atoms with Gasteiger partial charge < -0.3 is 15.2 Å². The van der Waals surface area contributed by atoms with E-state index in [1.807, 2.05) is 18.5 Å². The van der Waals surface area contributed by atoms with Crippen molar-refractivity contribution in [1.29, 1.82) is 0 Å². The van der Waals surface area contributed by atoms with Crippen LogP contribution < -0.4 is 10.6 Å². The summed E-state index contributed by atoms with van der Waals surface area (Å²) in [5.41, 5.74) is 2.28. The van der Waals surface area contributed by atoms with Gasteiger partial charge in [0.15, 0.2) is 0 Å². The first-order chi connectivity index (χ1) is 8.42. The first kappa shape index (κ1) is 12.1. The van der Waals surface area contributed by atoms with Crippen LogP contribution in [0, 0.1) is 0 Å². The monoisotopic (exact) mass is 232 g/mol. The molecule has 2 rings (SSSR count). The van der Waals surface area contributed by atoms with E-state index < -0.39 is 0 Å². The van der Waals surface area contributed by atoms with Crippen LogP contribution >= 0.6 is 0 Å². The molecule has 2 N–H and O–H groups in total. The number of aromatic nitrogens is 2. The van der Waals surface area contributed by atoms with Gasteiger partial charge >= 0.3 is 0 Å². The summed E-state index contributed by atoms with van der Waals surface area (Å²) in [5, 5.41) is 6.70. The minimum absolute atomic E-state index is 0.965. The van der Waals surface area contributed by atoms with Crippen LogP contribution in [-0.2, 0) is 6.54 Å². The molecule has 2 aromatic rings. The van der Waals surface area contributed by atoms with Crippen molar-refractivity contribution < 1.29 is 0 Å². The summed E-state index contributed by atoms with van der Waals surface area (Å²) in [5.74, 6) is 0. The van der Waals surface area contributed by atoms with E-state index in [1.54, 1.807) is 0 Å². The van der Waals surface area contributed by atoms with Gasteiger partial charge in [0.05, 0.1) is 17.4 Å². The highest BCUT2D eigenvalue weighted by Crippen LogP contribution is 2.10. The van der Waals surface area contributed by atoms with Crippen molar-refractivity contribution in [3.8, 4) is 0 Å². The first-order valence-electron chi connectivity index (χ1n) is 6.23. The minimum Gasteiger partial charge on any atom is -0.329 e. The number of hydrogen-bond acceptors (Lipinski definition) is 3. The van der Waals surface area contributed by atoms with Gasteiger partial charge in [-0.3, -0.25) is 0 Å². The molecule has 0 radical (unpaired) electrons. The Morgan fingerprint density at radius 1 is 1.12 bits per heavy atom. The van der Waals surface area contributed by atoms with Crippen LogP contribution in [0.15, 0.2) is 30.6 Å². The average Bonchev–Trinajstić information content (AvgIpc) is 2.77. The fourth-order valence-corrected chi connectivity index (χ4v) is 1.87. The first-order valence-corrected chi connectivity index (χ1v) is 6.23. The normalized spacial score (nSPS) is 11.1. The SMILES string of the molecule is CCNCCNCCn1cnc2ccccc21.